The molecule has 112 valence electrons. The van der Waals surface area contributed by atoms with Gasteiger partial charge in [-0.25, -0.2) is 0 Å². The van der Waals surface area contributed by atoms with Crippen molar-refractivity contribution >= 4 is 18.3 Å². The summed E-state index contributed by atoms with van der Waals surface area (Å²) in [6.07, 6.45) is 2.92. The second kappa shape index (κ2) is 7.09. The summed E-state index contributed by atoms with van der Waals surface area (Å²) in [6.45, 7) is 5.83. The summed E-state index contributed by atoms with van der Waals surface area (Å²) >= 11 is 0. The Kier molecular flexibility index (Phi) is 6.03. The lowest BCUT2D eigenvalue weighted by Crippen LogP contribution is -2.53. The van der Waals surface area contributed by atoms with Crippen molar-refractivity contribution in [2.45, 2.75) is 45.2 Å². The van der Waals surface area contributed by atoms with Crippen LogP contribution in [0.5, 0.6) is 0 Å². The molecule has 0 spiro atoms. The molecular weight excluding hydrogens is 272 g/mol. The van der Waals surface area contributed by atoms with Gasteiger partial charge in [0.05, 0.1) is 5.54 Å². The van der Waals surface area contributed by atoms with E-state index in [1.54, 1.807) is 0 Å². The fourth-order valence-corrected chi connectivity index (χ4v) is 2.92. The molecule has 0 saturated carbocycles. The standard InChI is InChI=1S/C16H24N2O.ClH/c1-4-16(10-7-11-17-16)15(19)18(3)12-14-9-6-5-8-13(14)2;/h5-6,8-9,17H,4,7,10-12H2,1-3H3;1H. The topological polar surface area (TPSA) is 32.3 Å². The van der Waals surface area contributed by atoms with E-state index in [1.807, 2.05) is 24.1 Å². The van der Waals surface area contributed by atoms with Crippen molar-refractivity contribution in [2.75, 3.05) is 13.6 Å². The first-order valence-electron chi connectivity index (χ1n) is 7.14. The quantitative estimate of drug-likeness (QED) is 0.926. The third kappa shape index (κ3) is 3.33. The molecule has 4 heteroatoms. The fraction of sp³-hybridized carbons (Fsp3) is 0.562. The van der Waals surface area contributed by atoms with Gasteiger partial charge in [0.25, 0.3) is 0 Å². The highest BCUT2D eigenvalue weighted by Gasteiger charge is 2.40. The number of nitrogens with zero attached hydrogens (tertiary/aromatic N) is 1. The van der Waals surface area contributed by atoms with Gasteiger partial charge in [0.15, 0.2) is 0 Å². The molecule has 1 amide bonds. The Labute approximate surface area is 128 Å². The van der Waals surface area contributed by atoms with Gasteiger partial charge in [-0.2, -0.15) is 0 Å². The average Bonchev–Trinajstić information content (AvgIpc) is 2.90. The summed E-state index contributed by atoms with van der Waals surface area (Å²) in [4.78, 5) is 14.5. The molecule has 1 aromatic rings. The molecule has 1 fully saturated rings. The first-order valence-corrected chi connectivity index (χ1v) is 7.14. The zero-order chi connectivity index (χ0) is 13.9. The molecule has 20 heavy (non-hydrogen) atoms. The van der Waals surface area contributed by atoms with Crippen LogP contribution in [-0.2, 0) is 11.3 Å². The molecule has 1 aliphatic rings. The highest BCUT2D eigenvalue weighted by Crippen LogP contribution is 2.25. The molecule has 0 bridgehead atoms. The highest BCUT2D eigenvalue weighted by atomic mass is 35.5. The van der Waals surface area contributed by atoms with E-state index in [0.717, 1.165) is 25.8 Å². The number of hydrogen-bond acceptors (Lipinski definition) is 2. The van der Waals surface area contributed by atoms with Crippen molar-refractivity contribution < 1.29 is 4.79 Å². The Morgan fingerprint density at radius 2 is 2.10 bits per heavy atom. The van der Waals surface area contributed by atoms with E-state index in [9.17, 15) is 4.79 Å². The Hall–Kier alpha value is -1.06. The second-order valence-electron chi connectivity index (χ2n) is 5.55. The minimum Gasteiger partial charge on any atom is -0.340 e. The summed E-state index contributed by atoms with van der Waals surface area (Å²) in [5.74, 6) is 0.232. The molecular formula is C16H25ClN2O. The summed E-state index contributed by atoms with van der Waals surface area (Å²) in [5, 5.41) is 3.41. The van der Waals surface area contributed by atoms with E-state index in [1.165, 1.54) is 11.1 Å². The van der Waals surface area contributed by atoms with E-state index in [-0.39, 0.29) is 23.9 Å². The maximum Gasteiger partial charge on any atom is 0.242 e. The molecule has 1 N–H and O–H groups in total. The van der Waals surface area contributed by atoms with Crippen LogP contribution in [0.3, 0.4) is 0 Å². The number of halogens is 1. The first kappa shape index (κ1) is 17.0. The molecule has 1 heterocycles. The number of rotatable bonds is 4. The van der Waals surface area contributed by atoms with Crippen LogP contribution in [0.25, 0.3) is 0 Å². The minimum absolute atomic E-state index is 0. The normalized spacial score (nSPS) is 21.4. The lowest BCUT2D eigenvalue weighted by atomic mass is 9.92. The average molecular weight is 297 g/mol. The summed E-state index contributed by atoms with van der Waals surface area (Å²) in [5.41, 5.74) is 2.15. The number of benzene rings is 1. The van der Waals surface area contributed by atoms with Crippen molar-refractivity contribution in [1.82, 2.24) is 10.2 Å². The predicted molar refractivity (Wildman–Crippen MR) is 85.2 cm³/mol. The third-order valence-electron chi connectivity index (χ3n) is 4.27. The van der Waals surface area contributed by atoms with Crippen molar-refractivity contribution in [3.63, 3.8) is 0 Å². The van der Waals surface area contributed by atoms with Crippen molar-refractivity contribution in [2.24, 2.45) is 0 Å². The predicted octanol–water partition coefficient (Wildman–Crippen LogP) is 2.91. The van der Waals surface area contributed by atoms with Crippen LogP contribution in [-0.4, -0.2) is 29.9 Å². The van der Waals surface area contributed by atoms with Gasteiger partial charge in [0.1, 0.15) is 0 Å². The number of carbonyl (C=O) groups is 1. The number of amides is 1. The Morgan fingerprint density at radius 1 is 1.40 bits per heavy atom. The second-order valence-corrected chi connectivity index (χ2v) is 5.55. The summed E-state index contributed by atoms with van der Waals surface area (Å²) in [6, 6.07) is 8.26. The number of carbonyl (C=O) groups excluding carboxylic acids is 1. The van der Waals surface area contributed by atoms with E-state index >= 15 is 0 Å². The Balaban J connectivity index is 0.00000200. The van der Waals surface area contributed by atoms with Crippen molar-refractivity contribution in [3.05, 3.63) is 35.4 Å². The zero-order valence-corrected chi connectivity index (χ0v) is 13.4. The van der Waals surface area contributed by atoms with Gasteiger partial charge in [-0.05, 0) is 43.9 Å². The molecule has 1 saturated heterocycles. The molecule has 0 radical (unpaired) electrons. The van der Waals surface area contributed by atoms with Gasteiger partial charge >= 0.3 is 0 Å². The molecule has 1 aliphatic heterocycles. The SMILES string of the molecule is CCC1(C(=O)N(C)Cc2ccccc2C)CCCN1.Cl. The lowest BCUT2D eigenvalue weighted by Gasteiger charge is -2.32. The molecule has 1 atom stereocenters. The fourth-order valence-electron chi connectivity index (χ4n) is 2.92. The van der Waals surface area contributed by atoms with Gasteiger partial charge in [-0.15, -0.1) is 12.4 Å². The number of aryl methyl sites for hydroxylation is 1. The molecule has 1 unspecified atom stereocenters. The maximum atomic E-state index is 12.7. The van der Waals surface area contributed by atoms with Gasteiger partial charge in [0, 0.05) is 13.6 Å². The number of likely N-dealkylation sites (N-methyl/N-ethyl adjacent to an activating group) is 1. The minimum atomic E-state index is -0.322. The van der Waals surface area contributed by atoms with Crippen LogP contribution in [0.4, 0.5) is 0 Å². The van der Waals surface area contributed by atoms with Gasteiger partial charge in [-0.1, -0.05) is 31.2 Å². The van der Waals surface area contributed by atoms with Gasteiger partial charge < -0.3 is 10.2 Å². The Bertz CT molecular complexity index is 456. The molecule has 0 aliphatic carbocycles. The smallest absolute Gasteiger partial charge is 0.242 e. The van der Waals surface area contributed by atoms with Gasteiger partial charge in [-0.3, -0.25) is 4.79 Å². The molecule has 2 rings (SSSR count). The van der Waals surface area contributed by atoms with E-state index in [2.05, 4.69) is 31.3 Å². The molecule has 3 nitrogen and oxygen atoms in total. The van der Waals surface area contributed by atoms with Crippen molar-refractivity contribution in [1.29, 1.82) is 0 Å². The summed E-state index contributed by atoms with van der Waals surface area (Å²) < 4.78 is 0. The molecule has 0 aromatic heterocycles. The van der Waals surface area contributed by atoms with Crippen molar-refractivity contribution in [3.8, 4) is 0 Å². The van der Waals surface area contributed by atoms with E-state index in [0.29, 0.717) is 6.54 Å². The molecule has 1 aromatic carbocycles. The van der Waals surface area contributed by atoms with E-state index < -0.39 is 0 Å². The summed E-state index contributed by atoms with van der Waals surface area (Å²) in [7, 11) is 1.91. The Morgan fingerprint density at radius 3 is 2.65 bits per heavy atom. The maximum absolute atomic E-state index is 12.7. The van der Waals surface area contributed by atoms with Crippen LogP contribution < -0.4 is 5.32 Å². The zero-order valence-electron chi connectivity index (χ0n) is 12.6. The number of nitrogens with one attached hydrogen (secondary N) is 1. The number of hydrogen-bond donors (Lipinski definition) is 1. The van der Waals surface area contributed by atoms with Gasteiger partial charge in [0.2, 0.25) is 5.91 Å². The highest BCUT2D eigenvalue weighted by molar-refractivity contribution is 5.86. The van der Waals surface area contributed by atoms with Crippen LogP contribution in [0.2, 0.25) is 0 Å². The van der Waals surface area contributed by atoms with Crippen LogP contribution in [0.1, 0.15) is 37.3 Å². The lowest BCUT2D eigenvalue weighted by molar-refractivity contribution is -0.137. The van der Waals surface area contributed by atoms with Crippen LogP contribution in [0.15, 0.2) is 24.3 Å². The third-order valence-corrected chi connectivity index (χ3v) is 4.27. The largest absolute Gasteiger partial charge is 0.340 e. The first-order chi connectivity index (χ1) is 9.09. The monoisotopic (exact) mass is 296 g/mol. The van der Waals surface area contributed by atoms with Crippen LogP contribution >= 0.6 is 12.4 Å². The van der Waals surface area contributed by atoms with Crippen LogP contribution in [0, 0.1) is 6.92 Å². The van der Waals surface area contributed by atoms with E-state index in [4.69, 9.17) is 0 Å².